The van der Waals surface area contributed by atoms with Gasteiger partial charge in [-0.2, -0.15) is 0 Å². The number of hydrogen-bond acceptors (Lipinski definition) is 4. The molecule has 112 valence electrons. The van der Waals surface area contributed by atoms with Crippen molar-refractivity contribution < 1.29 is 14.3 Å². The molecule has 0 aliphatic carbocycles. The van der Waals surface area contributed by atoms with Gasteiger partial charge in [0, 0.05) is 19.7 Å². The Hall–Kier alpha value is -1.59. The van der Waals surface area contributed by atoms with Crippen LogP contribution in [0.3, 0.4) is 0 Å². The molecule has 0 saturated heterocycles. The summed E-state index contributed by atoms with van der Waals surface area (Å²) in [6, 6.07) is 7.39. The predicted molar refractivity (Wildman–Crippen MR) is 78.6 cm³/mol. The fourth-order valence-corrected chi connectivity index (χ4v) is 1.53. The molecule has 0 spiro atoms. The van der Waals surface area contributed by atoms with Gasteiger partial charge in [-0.05, 0) is 24.1 Å². The number of rotatable bonds is 10. The van der Waals surface area contributed by atoms with E-state index in [-0.39, 0.29) is 12.5 Å². The number of benzene rings is 1. The minimum atomic E-state index is -0.146. The van der Waals surface area contributed by atoms with Gasteiger partial charge in [-0.3, -0.25) is 4.79 Å². The van der Waals surface area contributed by atoms with Gasteiger partial charge in [0.15, 0.2) is 6.61 Å². The van der Waals surface area contributed by atoms with Gasteiger partial charge in [0.1, 0.15) is 5.75 Å². The van der Waals surface area contributed by atoms with Crippen molar-refractivity contribution in [3.05, 3.63) is 29.8 Å². The fraction of sp³-hybridized carbons (Fsp3) is 0.533. The predicted octanol–water partition coefficient (Wildman–Crippen LogP) is 1.46. The summed E-state index contributed by atoms with van der Waals surface area (Å²) in [6.45, 7) is 4.42. The van der Waals surface area contributed by atoms with Crippen LogP contribution in [0.4, 0.5) is 0 Å². The lowest BCUT2D eigenvalue weighted by molar-refractivity contribution is -0.123. The Labute approximate surface area is 120 Å². The molecule has 1 rings (SSSR count). The summed E-state index contributed by atoms with van der Waals surface area (Å²) in [7, 11) is 0. The average molecular weight is 280 g/mol. The zero-order valence-corrected chi connectivity index (χ0v) is 12.1. The molecule has 0 aliphatic heterocycles. The number of hydrogen-bond donors (Lipinski definition) is 2. The van der Waals surface area contributed by atoms with E-state index in [9.17, 15) is 4.79 Å². The maximum Gasteiger partial charge on any atom is 0.258 e. The SMILES string of the molecule is CCCCOCCNC(=O)COc1ccc(CN)cc1. The molecular formula is C15H24N2O3. The first-order valence-corrected chi connectivity index (χ1v) is 7.02. The van der Waals surface area contributed by atoms with E-state index in [1.54, 1.807) is 0 Å². The van der Waals surface area contributed by atoms with Crippen LogP contribution in [0.5, 0.6) is 5.75 Å². The van der Waals surface area contributed by atoms with Gasteiger partial charge in [0.2, 0.25) is 0 Å². The number of nitrogens with one attached hydrogen (secondary N) is 1. The van der Waals surface area contributed by atoms with Crippen molar-refractivity contribution in [3.8, 4) is 5.75 Å². The van der Waals surface area contributed by atoms with Crippen molar-refractivity contribution in [3.63, 3.8) is 0 Å². The summed E-state index contributed by atoms with van der Waals surface area (Å²) in [5.41, 5.74) is 6.54. The largest absolute Gasteiger partial charge is 0.484 e. The molecule has 1 aromatic carbocycles. The fourth-order valence-electron chi connectivity index (χ4n) is 1.53. The normalized spacial score (nSPS) is 10.3. The van der Waals surface area contributed by atoms with E-state index < -0.39 is 0 Å². The van der Waals surface area contributed by atoms with Crippen molar-refractivity contribution in [1.82, 2.24) is 5.32 Å². The molecule has 0 heterocycles. The second-order valence-electron chi connectivity index (χ2n) is 4.45. The number of unbranched alkanes of at least 4 members (excludes halogenated alkanes) is 1. The topological polar surface area (TPSA) is 73.6 Å². The molecule has 0 atom stereocenters. The van der Waals surface area contributed by atoms with Crippen LogP contribution in [0, 0.1) is 0 Å². The van der Waals surface area contributed by atoms with E-state index >= 15 is 0 Å². The van der Waals surface area contributed by atoms with Gasteiger partial charge < -0.3 is 20.5 Å². The van der Waals surface area contributed by atoms with Gasteiger partial charge in [0.05, 0.1) is 6.61 Å². The summed E-state index contributed by atoms with van der Waals surface area (Å²) in [5, 5.41) is 2.74. The van der Waals surface area contributed by atoms with Crippen LogP contribution in [0.25, 0.3) is 0 Å². The van der Waals surface area contributed by atoms with Crippen LogP contribution in [-0.2, 0) is 16.1 Å². The minimum absolute atomic E-state index is 0.0108. The Morgan fingerprint density at radius 3 is 2.65 bits per heavy atom. The summed E-state index contributed by atoms with van der Waals surface area (Å²) < 4.78 is 10.7. The summed E-state index contributed by atoms with van der Waals surface area (Å²) in [4.78, 5) is 11.5. The Morgan fingerprint density at radius 2 is 2.00 bits per heavy atom. The molecule has 0 aliphatic rings. The summed E-state index contributed by atoms with van der Waals surface area (Å²) in [5.74, 6) is 0.517. The van der Waals surface area contributed by atoms with E-state index in [1.165, 1.54) is 0 Å². The van der Waals surface area contributed by atoms with Crippen LogP contribution in [0.1, 0.15) is 25.3 Å². The lowest BCUT2D eigenvalue weighted by Gasteiger charge is -2.08. The summed E-state index contributed by atoms with van der Waals surface area (Å²) >= 11 is 0. The highest BCUT2D eigenvalue weighted by Gasteiger charge is 2.02. The average Bonchev–Trinajstić information content (AvgIpc) is 2.49. The monoisotopic (exact) mass is 280 g/mol. The third-order valence-corrected chi connectivity index (χ3v) is 2.74. The number of carbonyl (C=O) groups excluding carboxylic acids is 1. The van der Waals surface area contributed by atoms with Crippen LogP contribution in [-0.4, -0.2) is 32.3 Å². The maximum absolute atomic E-state index is 11.5. The van der Waals surface area contributed by atoms with Crippen molar-refractivity contribution >= 4 is 5.91 Å². The number of carbonyl (C=O) groups is 1. The number of ether oxygens (including phenoxy) is 2. The first-order valence-electron chi connectivity index (χ1n) is 7.02. The van der Waals surface area contributed by atoms with Crippen LogP contribution >= 0.6 is 0 Å². The van der Waals surface area contributed by atoms with Gasteiger partial charge in [-0.25, -0.2) is 0 Å². The van der Waals surface area contributed by atoms with Gasteiger partial charge >= 0.3 is 0 Å². The molecule has 5 heteroatoms. The van der Waals surface area contributed by atoms with Gasteiger partial charge in [-0.15, -0.1) is 0 Å². The Kier molecular flexibility index (Phi) is 8.42. The smallest absolute Gasteiger partial charge is 0.258 e. The molecule has 1 aromatic rings. The third-order valence-electron chi connectivity index (χ3n) is 2.74. The third kappa shape index (κ3) is 7.11. The van der Waals surface area contributed by atoms with E-state index in [2.05, 4.69) is 12.2 Å². The second kappa shape index (κ2) is 10.2. The van der Waals surface area contributed by atoms with E-state index in [1.807, 2.05) is 24.3 Å². The van der Waals surface area contributed by atoms with E-state index in [0.717, 1.165) is 25.0 Å². The van der Waals surface area contributed by atoms with E-state index in [0.29, 0.717) is 25.4 Å². The molecule has 0 unspecified atom stereocenters. The van der Waals surface area contributed by atoms with Gasteiger partial charge in [-0.1, -0.05) is 25.5 Å². The Bertz CT molecular complexity index is 379. The first kappa shape index (κ1) is 16.5. The van der Waals surface area contributed by atoms with E-state index in [4.69, 9.17) is 15.2 Å². The highest BCUT2D eigenvalue weighted by atomic mass is 16.5. The molecule has 0 bridgehead atoms. The number of nitrogens with two attached hydrogens (primary N) is 1. The lowest BCUT2D eigenvalue weighted by atomic mass is 10.2. The molecule has 5 nitrogen and oxygen atoms in total. The lowest BCUT2D eigenvalue weighted by Crippen LogP contribution is -2.31. The molecule has 1 amide bonds. The van der Waals surface area contributed by atoms with Crippen LogP contribution < -0.4 is 15.8 Å². The van der Waals surface area contributed by atoms with Crippen molar-refractivity contribution in [2.75, 3.05) is 26.4 Å². The second-order valence-corrected chi connectivity index (χ2v) is 4.45. The summed E-state index contributed by atoms with van der Waals surface area (Å²) in [6.07, 6.45) is 2.17. The van der Waals surface area contributed by atoms with Crippen molar-refractivity contribution in [2.45, 2.75) is 26.3 Å². The molecule has 3 N–H and O–H groups in total. The standard InChI is InChI=1S/C15H24N2O3/c1-2-3-9-19-10-8-17-15(18)12-20-14-6-4-13(11-16)5-7-14/h4-7H,2-3,8-12,16H2,1H3,(H,17,18). The Morgan fingerprint density at radius 1 is 1.25 bits per heavy atom. The zero-order valence-electron chi connectivity index (χ0n) is 12.1. The molecule has 0 saturated carbocycles. The highest BCUT2D eigenvalue weighted by molar-refractivity contribution is 5.77. The van der Waals surface area contributed by atoms with Gasteiger partial charge in [0.25, 0.3) is 5.91 Å². The quantitative estimate of drug-likeness (QED) is 0.636. The molecule has 0 aromatic heterocycles. The number of amides is 1. The maximum atomic E-state index is 11.5. The highest BCUT2D eigenvalue weighted by Crippen LogP contribution is 2.11. The molecule has 0 fully saturated rings. The minimum Gasteiger partial charge on any atom is -0.484 e. The van der Waals surface area contributed by atoms with Crippen LogP contribution in [0.2, 0.25) is 0 Å². The van der Waals surface area contributed by atoms with Crippen molar-refractivity contribution in [1.29, 1.82) is 0 Å². The van der Waals surface area contributed by atoms with Crippen molar-refractivity contribution in [2.24, 2.45) is 5.73 Å². The molecule has 20 heavy (non-hydrogen) atoms. The first-order chi connectivity index (χ1) is 9.76. The Balaban J connectivity index is 2.10. The molecular weight excluding hydrogens is 256 g/mol. The van der Waals surface area contributed by atoms with Crippen LogP contribution in [0.15, 0.2) is 24.3 Å². The molecule has 0 radical (unpaired) electrons. The zero-order chi connectivity index (χ0) is 14.6.